The minimum Gasteiger partial charge on any atom is -0.359 e. The number of allylic oxidation sites excluding steroid dienone is 1. The number of H-pyrrole nitrogens is 1. The minimum atomic E-state index is 0. The van der Waals surface area contributed by atoms with E-state index in [0.717, 1.165) is 5.69 Å². The summed E-state index contributed by atoms with van der Waals surface area (Å²) in [6.07, 6.45) is 7.00. The number of anilines is 1. The summed E-state index contributed by atoms with van der Waals surface area (Å²) < 4.78 is 0. The average Bonchev–Trinajstić information content (AvgIpc) is 3.05. The molecule has 0 atom stereocenters. The first-order valence-corrected chi connectivity index (χ1v) is 7.29. The highest BCUT2D eigenvalue weighted by Crippen LogP contribution is 2.32. The summed E-state index contributed by atoms with van der Waals surface area (Å²) in [5.74, 6) is 6.07. The second-order valence-electron chi connectivity index (χ2n) is 5.63. The predicted octanol–water partition coefficient (Wildman–Crippen LogP) is 3.63. The number of hydrazine groups is 1. The molecule has 1 heterocycles. The lowest BCUT2D eigenvalue weighted by Gasteiger charge is -2.17. The van der Waals surface area contributed by atoms with Gasteiger partial charge in [0.05, 0.1) is 0 Å². The highest BCUT2D eigenvalue weighted by Gasteiger charge is 2.19. The van der Waals surface area contributed by atoms with Crippen molar-refractivity contribution < 1.29 is 1.43 Å². The van der Waals surface area contributed by atoms with Crippen molar-refractivity contribution in [3.05, 3.63) is 41.9 Å². The summed E-state index contributed by atoms with van der Waals surface area (Å²) in [5, 5.41) is 4.76. The fourth-order valence-corrected chi connectivity index (χ4v) is 3.10. The molecule has 1 aromatic heterocycles. The Hall–Kier alpha value is -1.94. The Morgan fingerprint density at radius 3 is 2.90 bits per heavy atom. The number of aryl methyl sites for hydroxylation is 1. The SMILES string of the molecule is Cc1cc2cc(N/C(=C\NN)C3CCCC3)ccc2[nH]1.[HH]. The maximum absolute atomic E-state index is 5.47. The van der Waals surface area contributed by atoms with E-state index in [4.69, 9.17) is 5.84 Å². The van der Waals surface area contributed by atoms with Crippen LogP contribution in [0.4, 0.5) is 5.69 Å². The second-order valence-corrected chi connectivity index (χ2v) is 5.63. The molecule has 1 aliphatic carbocycles. The molecule has 0 bridgehead atoms. The number of aromatic amines is 1. The van der Waals surface area contributed by atoms with Crippen LogP contribution in [-0.2, 0) is 0 Å². The highest BCUT2D eigenvalue weighted by atomic mass is 15.2. The topological polar surface area (TPSA) is 65.9 Å². The van der Waals surface area contributed by atoms with Gasteiger partial charge in [0.1, 0.15) is 0 Å². The summed E-state index contributed by atoms with van der Waals surface area (Å²) in [6.45, 7) is 2.08. The zero-order valence-corrected chi connectivity index (χ0v) is 11.9. The largest absolute Gasteiger partial charge is 0.359 e. The van der Waals surface area contributed by atoms with Crippen molar-refractivity contribution in [2.45, 2.75) is 32.6 Å². The van der Waals surface area contributed by atoms with Crippen LogP contribution in [-0.4, -0.2) is 4.98 Å². The fraction of sp³-hybridized carbons (Fsp3) is 0.375. The van der Waals surface area contributed by atoms with Crippen LogP contribution < -0.4 is 16.6 Å². The van der Waals surface area contributed by atoms with Crippen LogP contribution >= 0.6 is 0 Å². The minimum absolute atomic E-state index is 0. The number of hydrogen-bond acceptors (Lipinski definition) is 3. The third kappa shape index (κ3) is 2.65. The molecule has 1 fully saturated rings. The van der Waals surface area contributed by atoms with E-state index >= 15 is 0 Å². The van der Waals surface area contributed by atoms with Crippen LogP contribution in [0.15, 0.2) is 36.2 Å². The van der Waals surface area contributed by atoms with Crippen LogP contribution in [0.1, 0.15) is 32.8 Å². The number of nitrogens with two attached hydrogens (primary N) is 1. The highest BCUT2D eigenvalue weighted by molar-refractivity contribution is 5.84. The Kier molecular flexibility index (Phi) is 3.65. The number of benzene rings is 1. The van der Waals surface area contributed by atoms with Gasteiger partial charge in [-0.2, -0.15) is 0 Å². The zero-order valence-electron chi connectivity index (χ0n) is 11.9. The van der Waals surface area contributed by atoms with Crippen molar-refractivity contribution in [2.75, 3.05) is 5.32 Å². The predicted molar refractivity (Wildman–Crippen MR) is 86.1 cm³/mol. The first-order valence-electron chi connectivity index (χ1n) is 7.29. The molecule has 4 nitrogen and oxygen atoms in total. The first kappa shape index (κ1) is 13.1. The van der Waals surface area contributed by atoms with E-state index in [2.05, 4.69) is 46.9 Å². The molecule has 0 unspecified atom stereocenters. The third-order valence-corrected chi connectivity index (χ3v) is 4.08. The summed E-state index contributed by atoms with van der Waals surface area (Å²) in [5.41, 5.74) is 7.35. The Balaban J connectivity index is 0.00000161. The smallest absolute Gasteiger partial charge is 0.0457 e. The van der Waals surface area contributed by atoms with Gasteiger partial charge in [-0.25, -0.2) is 0 Å². The summed E-state index contributed by atoms with van der Waals surface area (Å²) in [7, 11) is 0. The molecule has 108 valence electrons. The number of nitrogens with one attached hydrogen (secondary N) is 3. The lowest BCUT2D eigenvalue weighted by Crippen LogP contribution is -2.19. The third-order valence-electron chi connectivity index (χ3n) is 4.08. The molecule has 0 saturated heterocycles. The van der Waals surface area contributed by atoms with Crippen molar-refractivity contribution in [3.63, 3.8) is 0 Å². The quantitative estimate of drug-likeness (QED) is 0.507. The normalized spacial score (nSPS) is 16.8. The number of aromatic nitrogens is 1. The van der Waals surface area contributed by atoms with Gasteiger partial charge in [-0.05, 0) is 44.0 Å². The van der Waals surface area contributed by atoms with Gasteiger partial charge in [0, 0.05) is 41.5 Å². The molecule has 5 N–H and O–H groups in total. The zero-order chi connectivity index (χ0) is 13.9. The van der Waals surface area contributed by atoms with E-state index in [9.17, 15) is 0 Å². The van der Waals surface area contributed by atoms with Crippen molar-refractivity contribution in [1.82, 2.24) is 10.4 Å². The van der Waals surface area contributed by atoms with E-state index in [1.165, 1.54) is 48.0 Å². The van der Waals surface area contributed by atoms with Crippen molar-refractivity contribution in [3.8, 4) is 0 Å². The Morgan fingerprint density at radius 1 is 1.35 bits per heavy atom. The van der Waals surface area contributed by atoms with Crippen LogP contribution in [0.3, 0.4) is 0 Å². The maximum atomic E-state index is 5.47. The molecular weight excluding hydrogens is 248 g/mol. The number of fused-ring (bicyclic) bond motifs is 1. The monoisotopic (exact) mass is 272 g/mol. The molecule has 0 amide bonds. The van der Waals surface area contributed by atoms with Gasteiger partial charge in [0.15, 0.2) is 0 Å². The van der Waals surface area contributed by atoms with Gasteiger partial charge < -0.3 is 15.7 Å². The van der Waals surface area contributed by atoms with Gasteiger partial charge in [0.2, 0.25) is 0 Å². The molecule has 0 radical (unpaired) electrons. The van der Waals surface area contributed by atoms with Crippen LogP contribution in [0.5, 0.6) is 0 Å². The Morgan fingerprint density at radius 2 is 2.15 bits per heavy atom. The maximum Gasteiger partial charge on any atom is 0.0457 e. The van der Waals surface area contributed by atoms with Gasteiger partial charge in [-0.15, -0.1) is 0 Å². The van der Waals surface area contributed by atoms with E-state index < -0.39 is 0 Å². The summed E-state index contributed by atoms with van der Waals surface area (Å²) in [6, 6.07) is 8.57. The molecule has 0 spiro atoms. The van der Waals surface area contributed by atoms with E-state index in [1.807, 2.05) is 6.20 Å². The van der Waals surface area contributed by atoms with Gasteiger partial charge in [0.25, 0.3) is 0 Å². The second kappa shape index (κ2) is 5.59. The molecule has 0 aliphatic heterocycles. The summed E-state index contributed by atoms with van der Waals surface area (Å²) >= 11 is 0. The van der Waals surface area contributed by atoms with Crippen molar-refractivity contribution in [1.29, 1.82) is 0 Å². The fourth-order valence-electron chi connectivity index (χ4n) is 3.10. The first-order chi connectivity index (χ1) is 9.76. The standard InChI is InChI=1S/C16H22N4.H2/c1-11-8-13-9-14(6-7-15(13)19-11)20-16(10-18-17)12-4-2-3-5-12;/h6-10,12,18-20H,2-5,17H2,1H3;1H/b16-10-;. The molecular formula is C16H24N4. The lowest BCUT2D eigenvalue weighted by molar-refractivity contribution is 0.639. The average molecular weight is 272 g/mol. The molecule has 1 saturated carbocycles. The Labute approximate surface area is 120 Å². The number of hydrogen-bond donors (Lipinski definition) is 4. The molecule has 20 heavy (non-hydrogen) atoms. The molecule has 4 heteroatoms. The van der Waals surface area contributed by atoms with Crippen molar-refractivity contribution in [2.24, 2.45) is 11.8 Å². The molecule has 1 aromatic carbocycles. The molecule has 1 aliphatic rings. The van der Waals surface area contributed by atoms with Gasteiger partial charge in [-0.3, -0.25) is 5.84 Å². The van der Waals surface area contributed by atoms with Crippen LogP contribution in [0.25, 0.3) is 10.9 Å². The molecule has 2 aromatic rings. The van der Waals surface area contributed by atoms with Crippen LogP contribution in [0, 0.1) is 12.8 Å². The Bertz CT molecular complexity index is 626. The summed E-state index contributed by atoms with van der Waals surface area (Å²) in [4.78, 5) is 3.34. The number of rotatable bonds is 4. The van der Waals surface area contributed by atoms with E-state index in [1.54, 1.807) is 0 Å². The van der Waals surface area contributed by atoms with E-state index in [0.29, 0.717) is 5.92 Å². The van der Waals surface area contributed by atoms with Crippen molar-refractivity contribution >= 4 is 16.6 Å². The van der Waals surface area contributed by atoms with E-state index in [-0.39, 0.29) is 1.43 Å². The van der Waals surface area contributed by atoms with Crippen LogP contribution in [0.2, 0.25) is 0 Å². The lowest BCUT2D eigenvalue weighted by atomic mass is 10.0. The van der Waals surface area contributed by atoms with Gasteiger partial charge in [-0.1, -0.05) is 12.8 Å². The van der Waals surface area contributed by atoms with Gasteiger partial charge >= 0.3 is 0 Å². The molecule has 3 rings (SSSR count).